The van der Waals surface area contributed by atoms with E-state index < -0.39 is 0 Å². The zero-order valence-corrected chi connectivity index (χ0v) is 13.9. The second-order valence-corrected chi connectivity index (χ2v) is 6.30. The lowest BCUT2D eigenvalue weighted by Gasteiger charge is -2.06. The summed E-state index contributed by atoms with van der Waals surface area (Å²) < 4.78 is 20.0. The summed E-state index contributed by atoms with van der Waals surface area (Å²) in [5, 5.41) is 10.7. The average Bonchev–Trinajstić information content (AvgIpc) is 3.06. The van der Waals surface area contributed by atoms with Crippen LogP contribution >= 0.6 is 15.9 Å². The van der Waals surface area contributed by atoms with E-state index in [1.165, 1.54) is 13.2 Å². The molecule has 4 nitrogen and oxygen atoms in total. The van der Waals surface area contributed by atoms with E-state index in [1.54, 1.807) is 6.07 Å². The highest BCUT2D eigenvalue weighted by Crippen LogP contribution is 2.41. The van der Waals surface area contributed by atoms with Gasteiger partial charge in [-0.1, -0.05) is 22.0 Å². The number of H-pyrrole nitrogens is 1. The number of ether oxygens (including phenoxy) is 1. The van der Waals surface area contributed by atoms with Gasteiger partial charge in [-0.25, -0.2) is 4.39 Å². The first-order valence-electron chi connectivity index (χ1n) is 7.12. The van der Waals surface area contributed by atoms with E-state index in [1.807, 2.05) is 24.3 Å². The highest BCUT2D eigenvalue weighted by Gasteiger charge is 2.26. The fourth-order valence-corrected chi connectivity index (χ4v) is 3.29. The van der Waals surface area contributed by atoms with E-state index in [0.717, 1.165) is 38.4 Å². The Balaban J connectivity index is 1.72. The van der Waals surface area contributed by atoms with Crippen LogP contribution in [0.4, 0.5) is 15.9 Å². The molecule has 0 bridgehead atoms. The van der Waals surface area contributed by atoms with Gasteiger partial charge >= 0.3 is 0 Å². The van der Waals surface area contributed by atoms with Crippen molar-refractivity contribution in [3.63, 3.8) is 0 Å². The molecule has 2 aromatic carbocycles. The van der Waals surface area contributed by atoms with E-state index in [9.17, 15) is 4.39 Å². The Labute approximate surface area is 140 Å². The Morgan fingerprint density at radius 3 is 2.96 bits per heavy atom. The van der Waals surface area contributed by atoms with Crippen LogP contribution in [0.15, 0.2) is 40.9 Å². The first kappa shape index (κ1) is 14.3. The molecule has 4 rings (SSSR count). The number of rotatable bonds is 3. The maximum absolute atomic E-state index is 13.9. The fourth-order valence-electron chi connectivity index (χ4n) is 2.89. The smallest absolute Gasteiger partial charge is 0.165 e. The third-order valence-corrected chi connectivity index (χ3v) is 4.46. The summed E-state index contributed by atoms with van der Waals surface area (Å²) in [7, 11) is 1.47. The number of anilines is 2. The van der Waals surface area contributed by atoms with Crippen LogP contribution in [0, 0.1) is 5.82 Å². The lowest BCUT2D eigenvalue weighted by Crippen LogP contribution is -1.95. The van der Waals surface area contributed by atoms with E-state index in [4.69, 9.17) is 4.74 Å². The second kappa shape index (κ2) is 5.38. The summed E-state index contributed by atoms with van der Waals surface area (Å²) in [4.78, 5) is 0. The zero-order chi connectivity index (χ0) is 16.0. The topological polar surface area (TPSA) is 49.9 Å². The van der Waals surface area contributed by atoms with Crippen LogP contribution in [0.1, 0.15) is 11.1 Å². The molecule has 0 unspecified atom stereocenters. The minimum Gasteiger partial charge on any atom is -0.494 e. The van der Waals surface area contributed by atoms with Crippen LogP contribution in [0.5, 0.6) is 5.75 Å². The van der Waals surface area contributed by atoms with E-state index in [0.29, 0.717) is 6.42 Å². The van der Waals surface area contributed by atoms with Gasteiger partial charge in [0.05, 0.1) is 12.8 Å². The molecule has 1 aromatic heterocycles. The van der Waals surface area contributed by atoms with Crippen molar-refractivity contribution in [2.45, 2.75) is 6.42 Å². The quantitative estimate of drug-likeness (QED) is 0.550. The van der Waals surface area contributed by atoms with Crippen LogP contribution in [0.3, 0.4) is 0 Å². The largest absolute Gasteiger partial charge is 0.494 e. The van der Waals surface area contributed by atoms with Crippen LogP contribution in [0.25, 0.3) is 11.3 Å². The van der Waals surface area contributed by atoms with Crippen LogP contribution in [0.2, 0.25) is 0 Å². The van der Waals surface area contributed by atoms with Crippen LogP contribution in [-0.2, 0) is 6.42 Å². The van der Waals surface area contributed by atoms with Crippen molar-refractivity contribution in [1.29, 1.82) is 0 Å². The predicted octanol–water partition coefficient (Wildman–Crippen LogP) is 4.63. The summed E-state index contributed by atoms with van der Waals surface area (Å²) >= 11 is 3.45. The monoisotopic (exact) mass is 373 g/mol. The molecular weight excluding hydrogens is 361 g/mol. The Morgan fingerprint density at radius 1 is 1.30 bits per heavy atom. The number of hydrogen-bond acceptors (Lipinski definition) is 3. The molecule has 0 saturated carbocycles. The highest BCUT2D eigenvalue weighted by atomic mass is 79.9. The average molecular weight is 374 g/mol. The van der Waals surface area contributed by atoms with Gasteiger partial charge in [-0.05, 0) is 35.9 Å². The number of hydrogen-bond donors (Lipinski definition) is 2. The number of fused-ring (bicyclic) bond motifs is 3. The summed E-state index contributed by atoms with van der Waals surface area (Å²) in [6, 6.07) is 11.1. The minimum absolute atomic E-state index is 0.243. The molecule has 1 aliphatic carbocycles. The zero-order valence-electron chi connectivity index (χ0n) is 12.3. The van der Waals surface area contributed by atoms with Crippen molar-refractivity contribution in [3.8, 4) is 17.0 Å². The highest BCUT2D eigenvalue weighted by molar-refractivity contribution is 9.10. The van der Waals surface area contributed by atoms with Gasteiger partial charge in [0.25, 0.3) is 0 Å². The number of benzene rings is 2. The Bertz CT molecular complexity index is 907. The molecule has 116 valence electrons. The molecule has 1 aliphatic rings. The first-order valence-corrected chi connectivity index (χ1v) is 7.91. The number of aromatic nitrogens is 2. The van der Waals surface area contributed by atoms with Gasteiger partial charge in [0.2, 0.25) is 0 Å². The molecule has 23 heavy (non-hydrogen) atoms. The first-order chi connectivity index (χ1) is 11.2. The summed E-state index contributed by atoms with van der Waals surface area (Å²) in [6.45, 7) is 0. The summed E-state index contributed by atoms with van der Waals surface area (Å²) in [6.07, 6.45) is 0.637. The third kappa shape index (κ3) is 2.39. The standard InChI is InChI=1S/C17H13BrFN3O/c1-23-15-8-12-9(6-14(15)19)5-13-16(12)21-22-17(13)20-11-4-2-3-10(18)7-11/h2-4,6-8H,5H2,1H3,(H2,20,21,22). The normalized spacial score (nSPS) is 12.0. The summed E-state index contributed by atoms with van der Waals surface area (Å²) in [5.74, 6) is 0.659. The van der Waals surface area contributed by atoms with E-state index in [2.05, 4.69) is 31.4 Å². The molecule has 0 fully saturated rings. The Kier molecular flexibility index (Phi) is 3.34. The molecule has 0 radical (unpaired) electrons. The van der Waals surface area contributed by atoms with Gasteiger partial charge in [0, 0.05) is 27.7 Å². The van der Waals surface area contributed by atoms with Gasteiger partial charge < -0.3 is 10.1 Å². The van der Waals surface area contributed by atoms with Gasteiger partial charge in [-0.15, -0.1) is 0 Å². The molecule has 0 aliphatic heterocycles. The number of methoxy groups -OCH3 is 1. The molecule has 0 amide bonds. The predicted molar refractivity (Wildman–Crippen MR) is 90.8 cm³/mol. The number of aromatic amines is 1. The molecule has 1 heterocycles. The molecule has 0 saturated heterocycles. The van der Waals surface area contributed by atoms with E-state index >= 15 is 0 Å². The Hall–Kier alpha value is -2.34. The molecule has 3 aromatic rings. The van der Waals surface area contributed by atoms with Crippen molar-refractivity contribution in [3.05, 3.63) is 57.8 Å². The third-order valence-electron chi connectivity index (χ3n) is 3.97. The minimum atomic E-state index is -0.342. The molecule has 2 N–H and O–H groups in total. The number of nitrogens with one attached hydrogen (secondary N) is 2. The van der Waals surface area contributed by atoms with Crippen molar-refractivity contribution in [2.75, 3.05) is 12.4 Å². The SMILES string of the molecule is COc1cc2c(cc1F)Cc1c(Nc3cccc(Br)c3)n[nH]c1-2. The lowest BCUT2D eigenvalue weighted by atomic mass is 10.1. The van der Waals surface area contributed by atoms with Gasteiger partial charge in [0.1, 0.15) is 0 Å². The van der Waals surface area contributed by atoms with Crippen molar-refractivity contribution < 1.29 is 9.13 Å². The van der Waals surface area contributed by atoms with Crippen LogP contribution < -0.4 is 10.1 Å². The van der Waals surface area contributed by atoms with Gasteiger partial charge in [-0.3, -0.25) is 5.10 Å². The van der Waals surface area contributed by atoms with Crippen molar-refractivity contribution >= 4 is 27.4 Å². The second-order valence-electron chi connectivity index (χ2n) is 5.38. The number of nitrogens with zero attached hydrogens (tertiary/aromatic N) is 1. The Morgan fingerprint density at radius 2 is 2.17 bits per heavy atom. The van der Waals surface area contributed by atoms with E-state index in [-0.39, 0.29) is 11.6 Å². The fraction of sp³-hybridized carbons (Fsp3) is 0.118. The molecular formula is C17H13BrFN3O. The van der Waals surface area contributed by atoms with Crippen LogP contribution in [-0.4, -0.2) is 17.3 Å². The van der Waals surface area contributed by atoms with Gasteiger partial charge in [-0.2, -0.15) is 5.10 Å². The lowest BCUT2D eigenvalue weighted by molar-refractivity contribution is 0.386. The number of halogens is 2. The van der Waals surface area contributed by atoms with Crippen molar-refractivity contribution in [2.24, 2.45) is 0 Å². The maximum Gasteiger partial charge on any atom is 0.165 e. The molecule has 0 atom stereocenters. The van der Waals surface area contributed by atoms with Crippen molar-refractivity contribution in [1.82, 2.24) is 10.2 Å². The molecule has 0 spiro atoms. The van der Waals surface area contributed by atoms with Gasteiger partial charge in [0.15, 0.2) is 17.4 Å². The summed E-state index contributed by atoms with van der Waals surface area (Å²) in [5.41, 5.74) is 4.76. The maximum atomic E-state index is 13.9. The molecule has 6 heteroatoms.